The Labute approximate surface area is 286 Å². The topological polar surface area (TPSA) is 0 Å². The molecule has 0 aliphatic heterocycles. The fourth-order valence-corrected chi connectivity index (χ4v) is 8.87. The lowest BCUT2D eigenvalue weighted by Gasteiger charge is -2.24. The van der Waals surface area contributed by atoms with Crippen LogP contribution in [0.5, 0.6) is 0 Å². The molecule has 0 amide bonds. The smallest absolute Gasteiger partial charge is 0.0165 e. The molecular weight excluding hydrogens is 589 g/mol. The number of hydrogen-bond acceptors (Lipinski definition) is 0. The lowest BCUT2D eigenvalue weighted by atomic mass is 9.78. The maximum atomic E-state index is 2.47. The lowest BCUT2D eigenvalue weighted by molar-refractivity contribution is 0.666. The van der Waals surface area contributed by atoms with Gasteiger partial charge in [0.2, 0.25) is 0 Å². The lowest BCUT2D eigenvalue weighted by Crippen LogP contribution is -2.15. The van der Waals surface area contributed by atoms with Gasteiger partial charge in [-0.25, -0.2) is 0 Å². The quantitative estimate of drug-likeness (QED) is 0.136. The van der Waals surface area contributed by atoms with Gasteiger partial charge in [0, 0.05) is 5.41 Å². The van der Waals surface area contributed by atoms with E-state index in [0.29, 0.717) is 0 Å². The van der Waals surface area contributed by atoms with Crippen molar-refractivity contribution in [2.24, 2.45) is 0 Å². The Bertz CT molecular complexity index is 2710. The maximum Gasteiger partial charge on any atom is 0.0165 e. The molecule has 10 rings (SSSR count). The van der Waals surface area contributed by atoms with Crippen LogP contribution in [0, 0.1) is 0 Å². The van der Waals surface area contributed by atoms with Gasteiger partial charge in [0.05, 0.1) is 0 Å². The summed E-state index contributed by atoms with van der Waals surface area (Å²) in [6.07, 6.45) is 0. The van der Waals surface area contributed by atoms with E-state index in [4.69, 9.17) is 0 Å². The summed E-state index contributed by atoms with van der Waals surface area (Å²) < 4.78 is 0. The Morgan fingerprint density at radius 3 is 1.39 bits per heavy atom. The molecule has 0 bridgehead atoms. The van der Waals surface area contributed by atoms with Crippen molar-refractivity contribution in [3.05, 3.63) is 181 Å². The van der Waals surface area contributed by atoms with Crippen LogP contribution in [0.15, 0.2) is 170 Å². The molecule has 0 aromatic heterocycles. The number of rotatable bonds is 3. The first-order chi connectivity index (χ1) is 24.1. The Hall–Kier alpha value is -5.98. The average Bonchev–Trinajstić information content (AvgIpc) is 3.41. The Morgan fingerprint density at radius 2 is 0.755 bits per heavy atom. The molecular formula is C49H34. The summed E-state index contributed by atoms with van der Waals surface area (Å²) in [4.78, 5) is 0. The van der Waals surface area contributed by atoms with Crippen molar-refractivity contribution < 1.29 is 0 Å². The van der Waals surface area contributed by atoms with E-state index in [9.17, 15) is 0 Å². The molecule has 0 unspecified atom stereocenters. The van der Waals surface area contributed by atoms with Gasteiger partial charge in [-0.2, -0.15) is 0 Å². The van der Waals surface area contributed by atoms with Crippen LogP contribution < -0.4 is 0 Å². The van der Waals surface area contributed by atoms with Gasteiger partial charge in [0.15, 0.2) is 0 Å². The predicted octanol–water partition coefficient (Wildman–Crippen LogP) is 13.6. The van der Waals surface area contributed by atoms with Gasteiger partial charge in [0.1, 0.15) is 0 Å². The van der Waals surface area contributed by atoms with Gasteiger partial charge in [-0.1, -0.05) is 178 Å². The van der Waals surface area contributed by atoms with Crippen LogP contribution in [0.25, 0.3) is 87.6 Å². The molecule has 9 aromatic carbocycles. The van der Waals surface area contributed by atoms with Gasteiger partial charge < -0.3 is 0 Å². The number of fused-ring (bicyclic) bond motifs is 10. The Balaban J connectivity index is 1.24. The minimum absolute atomic E-state index is 0.0904. The average molecular weight is 623 g/mol. The predicted molar refractivity (Wildman–Crippen MR) is 210 cm³/mol. The normalized spacial score (nSPS) is 13.3. The van der Waals surface area contributed by atoms with Crippen molar-refractivity contribution >= 4 is 43.1 Å². The highest BCUT2D eigenvalue weighted by Crippen LogP contribution is 2.55. The van der Waals surface area contributed by atoms with Crippen molar-refractivity contribution in [2.75, 3.05) is 0 Å². The molecule has 0 nitrogen and oxygen atoms in total. The van der Waals surface area contributed by atoms with Crippen molar-refractivity contribution in [2.45, 2.75) is 19.3 Å². The molecule has 230 valence electrons. The van der Waals surface area contributed by atoms with Gasteiger partial charge >= 0.3 is 0 Å². The summed E-state index contributed by atoms with van der Waals surface area (Å²) in [5.74, 6) is 0. The third-order valence-electron chi connectivity index (χ3n) is 11.0. The van der Waals surface area contributed by atoms with E-state index < -0.39 is 0 Å². The van der Waals surface area contributed by atoms with Gasteiger partial charge in [0.25, 0.3) is 0 Å². The van der Waals surface area contributed by atoms with Crippen LogP contribution in [0.1, 0.15) is 25.0 Å². The van der Waals surface area contributed by atoms with E-state index in [-0.39, 0.29) is 5.41 Å². The molecule has 0 N–H and O–H groups in total. The molecule has 49 heavy (non-hydrogen) atoms. The van der Waals surface area contributed by atoms with E-state index in [1.54, 1.807) is 0 Å². The molecule has 1 aliphatic rings. The Kier molecular flexibility index (Phi) is 6.02. The van der Waals surface area contributed by atoms with E-state index in [0.717, 1.165) is 0 Å². The van der Waals surface area contributed by atoms with Crippen LogP contribution in [0.3, 0.4) is 0 Å². The second-order valence-corrected chi connectivity index (χ2v) is 14.0. The second kappa shape index (κ2) is 10.5. The van der Waals surface area contributed by atoms with Gasteiger partial charge in [-0.3, -0.25) is 0 Å². The standard InChI is InChI=1S/C49H34/c1-49(2)44-23-13-12-22-42(44)47-36-17-7-6-16-35(36)43-30-34(28-29-41(43)48(47)49)46-39-20-10-8-18-37(39)45(38-19-9-11-21-40(38)46)33-26-24-32(25-27-33)31-14-4-3-5-15-31/h3-30H,1-2H3. The molecule has 0 atom stereocenters. The van der Waals surface area contributed by atoms with E-state index in [1.165, 1.54) is 98.7 Å². The van der Waals surface area contributed by atoms with Crippen LogP contribution in [-0.2, 0) is 5.41 Å². The minimum atomic E-state index is -0.0904. The third-order valence-corrected chi connectivity index (χ3v) is 11.0. The zero-order chi connectivity index (χ0) is 32.7. The monoisotopic (exact) mass is 622 g/mol. The summed E-state index contributed by atoms with van der Waals surface area (Å²) in [5, 5.41) is 10.4. The largest absolute Gasteiger partial charge is 0.0622 e. The molecule has 0 radical (unpaired) electrons. The molecule has 1 aliphatic carbocycles. The fourth-order valence-electron chi connectivity index (χ4n) is 8.87. The van der Waals surface area contributed by atoms with Crippen LogP contribution in [0.4, 0.5) is 0 Å². The molecule has 0 fully saturated rings. The summed E-state index contributed by atoms with van der Waals surface area (Å²) in [6, 6.07) is 62.9. The fraction of sp³-hybridized carbons (Fsp3) is 0.0612. The zero-order valence-electron chi connectivity index (χ0n) is 27.7. The summed E-state index contributed by atoms with van der Waals surface area (Å²) in [6.45, 7) is 4.79. The molecule has 0 heteroatoms. The highest BCUT2D eigenvalue weighted by atomic mass is 14.4. The second-order valence-electron chi connectivity index (χ2n) is 14.0. The van der Waals surface area contributed by atoms with Crippen molar-refractivity contribution in [3.8, 4) is 44.5 Å². The van der Waals surface area contributed by atoms with Crippen molar-refractivity contribution in [3.63, 3.8) is 0 Å². The molecule has 0 saturated heterocycles. The summed E-state index contributed by atoms with van der Waals surface area (Å²) >= 11 is 0. The summed E-state index contributed by atoms with van der Waals surface area (Å²) in [7, 11) is 0. The third kappa shape index (κ3) is 4.04. The first-order valence-electron chi connectivity index (χ1n) is 17.3. The van der Waals surface area contributed by atoms with Crippen molar-refractivity contribution in [1.29, 1.82) is 0 Å². The molecule has 9 aromatic rings. The van der Waals surface area contributed by atoms with Crippen molar-refractivity contribution in [1.82, 2.24) is 0 Å². The highest BCUT2D eigenvalue weighted by molar-refractivity contribution is 6.23. The van der Waals surface area contributed by atoms with Crippen LogP contribution in [0.2, 0.25) is 0 Å². The zero-order valence-corrected chi connectivity index (χ0v) is 27.7. The SMILES string of the molecule is CC1(C)c2ccccc2-c2c1c1ccc(-c3c4ccccc4c(-c4ccc(-c5ccccc5)cc4)c4ccccc34)cc1c1ccccc21. The first kappa shape index (κ1) is 28.1. The van der Waals surface area contributed by atoms with Gasteiger partial charge in [-0.15, -0.1) is 0 Å². The maximum absolute atomic E-state index is 2.47. The molecule has 0 heterocycles. The summed E-state index contributed by atoms with van der Waals surface area (Å²) in [5.41, 5.74) is 13.1. The van der Waals surface area contributed by atoms with Crippen LogP contribution in [-0.4, -0.2) is 0 Å². The molecule has 0 spiro atoms. The van der Waals surface area contributed by atoms with E-state index in [1.807, 2.05) is 0 Å². The highest BCUT2D eigenvalue weighted by Gasteiger charge is 2.38. The Morgan fingerprint density at radius 1 is 0.306 bits per heavy atom. The number of benzene rings is 9. The number of hydrogen-bond donors (Lipinski definition) is 0. The van der Waals surface area contributed by atoms with Crippen LogP contribution >= 0.6 is 0 Å². The first-order valence-corrected chi connectivity index (χ1v) is 17.3. The van der Waals surface area contributed by atoms with E-state index >= 15 is 0 Å². The van der Waals surface area contributed by atoms with Gasteiger partial charge in [-0.05, 0) is 105 Å². The minimum Gasteiger partial charge on any atom is -0.0622 e. The molecule has 0 saturated carbocycles. The van der Waals surface area contributed by atoms with E-state index in [2.05, 4.69) is 184 Å².